The summed E-state index contributed by atoms with van der Waals surface area (Å²) < 4.78 is 16.6. The summed E-state index contributed by atoms with van der Waals surface area (Å²) in [7, 11) is 1.68. The van der Waals surface area contributed by atoms with Crippen molar-refractivity contribution < 1.29 is 14.2 Å². The standard InChI is InChI=1S/C24H33N5O3.BrH/c1-30-21-7-5-20(6-8-21)18-27-24(26-11-9-22-19-31-16-17-32-22)29-14-12-28(13-15-29)23-4-2-3-10-25-23;/h2-8,10,22H,9,11-19H2,1H3,(H,26,27);1H. The average Bonchev–Trinajstić information content (AvgIpc) is 2.88. The number of methoxy groups -OCH3 is 1. The summed E-state index contributed by atoms with van der Waals surface area (Å²) >= 11 is 0. The fraction of sp³-hybridized carbons (Fsp3) is 0.500. The van der Waals surface area contributed by atoms with Crippen molar-refractivity contribution in [3.8, 4) is 5.75 Å². The van der Waals surface area contributed by atoms with Crippen LogP contribution in [0.4, 0.5) is 5.82 Å². The molecule has 1 unspecified atom stereocenters. The van der Waals surface area contributed by atoms with Crippen LogP contribution in [0.2, 0.25) is 0 Å². The van der Waals surface area contributed by atoms with Crippen molar-refractivity contribution >= 4 is 28.8 Å². The SMILES string of the molecule is Br.COc1ccc(CN=C(NCCC2COCCO2)N2CCN(c3ccccn3)CC2)cc1. The molecule has 180 valence electrons. The van der Waals surface area contributed by atoms with E-state index in [1.807, 2.05) is 30.5 Å². The highest BCUT2D eigenvalue weighted by Gasteiger charge is 2.21. The van der Waals surface area contributed by atoms with Gasteiger partial charge < -0.3 is 29.3 Å². The molecular formula is C24H34BrN5O3. The van der Waals surface area contributed by atoms with E-state index < -0.39 is 0 Å². The summed E-state index contributed by atoms with van der Waals surface area (Å²) in [6.45, 7) is 7.09. The number of hydrogen-bond donors (Lipinski definition) is 1. The lowest BCUT2D eigenvalue weighted by Crippen LogP contribution is -2.53. The number of pyridine rings is 1. The third kappa shape index (κ3) is 7.58. The quantitative estimate of drug-likeness (QED) is 0.445. The predicted octanol–water partition coefficient (Wildman–Crippen LogP) is 2.74. The summed E-state index contributed by atoms with van der Waals surface area (Å²) in [6.07, 6.45) is 2.90. The number of guanidine groups is 1. The lowest BCUT2D eigenvalue weighted by atomic mass is 10.2. The Balaban J connectivity index is 0.00000306. The van der Waals surface area contributed by atoms with Gasteiger partial charge in [0.2, 0.25) is 0 Å². The second kappa shape index (κ2) is 13.4. The molecule has 0 bridgehead atoms. The van der Waals surface area contributed by atoms with Crippen molar-refractivity contribution in [2.75, 3.05) is 64.6 Å². The first-order chi connectivity index (χ1) is 15.8. The first kappa shape index (κ1) is 25.3. The minimum Gasteiger partial charge on any atom is -0.497 e. The molecule has 0 amide bonds. The van der Waals surface area contributed by atoms with Crippen LogP contribution in [0.5, 0.6) is 5.75 Å². The van der Waals surface area contributed by atoms with E-state index >= 15 is 0 Å². The maximum atomic E-state index is 5.78. The highest BCUT2D eigenvalue weighted by atomic mass is 79.9. The van der Waals surface area contributed by atoms with Gasteiger partial charge in [0.15, 0.2) is 5.96 Å². The third-order valence-electron chi connectivity index (χ3n) is 5.76. The van der Waals surface area contributed by atoms with Crippen LogP contribution in [-0.4, -0.2) is 81.6 Å². The first-order valence-electron chi connectivity index (χ1n) is 11.3. The zero-order chi connectivity index (χ0) is 22.0. The first-order valence-corrected chi connectivity index (χ1v) is 11.3. The normalized spacial score (nSPS) is 19.1. The van der Waals surface area contributed by atoms with E-state index in [0.717, 1.165) is 62.2 Å². The summed E-state index contributed by atoms with van der Waals surface area (Å²) in [5, 5.41) is 3.57. The highest BCUT2D eigenvalue weighted by molar-refractivity contribution is 8.93. The fourth-order valence-electron chi connectivity index (χ4n) is 3.90. The van der Waals surface area contributed by atoms with Gasteiger partial charge in [-0.25, -0.2) is 9.98 Å². The Morgan fingerprint density at radius 2 is 1.94 bits per heavy atom. The largest absolute Gasteiger partial charge is 0.497 e. The number of ether oxygens (including phenoxy) is 3. The molecule has 2 saturated heterocycles. The molecule has 2 aliphatic rings. The van der Waals surface area contributed by atoms with Gasteiger partial charge in [0.1, 0.15) is 11.6 Å². The summed E-state index contributed by atoms with van der Waals surface area (Å²) in [6, 6.07) is 14.1. The van der Waals surface area contributed by atoms with Gasteiger partial charge in [0.05, 0.1) is 39.6 Å². The van der Waals surface area contributed by atoms with Crippen LogP contribution in [0.1, 0.15) is 12.0 Å². The lowest BCUT2D eigenvalue weighted by Gasteiger charge is -2.37. The van der Waals surface area contributed by atoms with Crippen LogP contribution in [0.3, 0.4) is 0 Å². The minimum atomic E-state index is 0. The van der Waals surface area contributed by atoms with Crippen molar-refractivity contribution in [2.45, 2.75) is 19.1 Å². The molecule has 2 aliphatic heterocycles. The van der Waals surface area contributed by atoms with Crippen molar-refractivity contribution in [3.05, 3.63) is 54.2 Å². The van der Waals surface area contributed by atoms with Gasteiger partial charge in [-0.3, -0.25) is 0 Å². The average molecular weight is 520 g/mol. The minimum absolute atomic E-state index is 0. The Bertz CT molecular complexity index is 839. The topological polar surface area (TPSA) is 71.5 Å². The number of anilines is 1. The molecule has 1 aromatic carbocycles. The number of rotatable bonds is 7. The Labute approximate surface area is 206 Å². The van der Waals surface area contributed by atoms with Gasteiger partial charge in [0.25, 0.3) is 0 Å². The number of benzene rings is 1. The maximum absolute atomic E-state index is 5.78. The van der Waals surface area contributed by atoms with Crippen LogP contribution in [0.25, 0.3) is 0 Å². The molecule has 0 aliphatic carbocycles. The van der Waals surface area contributed by atoms with E-state index in [2.05, 4.69) is 38.3 Å². The molecule has 0 radical (unpaired) electrons. The molecule has 1 aromatic heterocycles. The zero-order valence-electron chi connectivity index (χ0n) is 19.2. The molecule has 0 spiro atoms. The van der Waals surface area contributed by atoms with Crippen molar-refractivity contribution in [2.24, 2.45) is 4.99 Å². The van der Waals surface area contributed by atoms with Crippen LogP contribution in [-0.2, 0) is 16.0 Å². The zero-order valence-corrected chi connectivity index (χ0v) is 20.9. The van der Waals surface area contributed by atoms with E-state index in [4.69, 9.17) is 19.2 Å². The third-order valence-corrected chi connectivity index (χ3v) is 5.76. The van der Waals surface area contributed by atoms with Crippen LogP contribution in [0, 0.1) is 0 Å². The molecule has 8 nitrogen and oxygen atoms in total. The lowest BCUT2D eigenvalue weighted by molar-refractivity contribution is -0.0899. The Morgan fingerprint density at radius 3 is 2.61 bits per heavy atom. The van der Waals surface area contributed by atoms with Crippen molar-refractivity contribution in [3.63, 3.8) is 0 Å². The van der Waals surface area contributed by atoms with Gasteiger partial charge in [-0.05, 0) is 36.2 Å². The summed E-state index contributed by atoms with van der Waals surface area (Å²) in [4.78, 5) is 14.1. The second-order valence-corrected chi connectivity index (χ2v) is 7.93. The Hall–Kier alpha value is -2.36. The van der Waals surface area contributed by atoms with Gasteiger partial charge in [0, 0.05) is 38.9 Å². The molecule has 1 N–H and O–H groups in total. The second-order valence-electron chi connectivity index (χ2n) is 7.93. The molecule has 2 fully saturated rings. The molecule has 1 atom stereocenters. The van der Waals surface area contributed by atoms with Gasteiger partial charge in [-0.2, -0.15) is 0 Å². The van der Waals surface area contributed by atoms with Crippen molar-refractivity contribution in [1.29, 1.82) is 0 Å². The number of halogens is 1. The Morgan fingerprint density at radius 1 is 1.12 bits per heavy atom. The number of nitrogens with zero attached hydrogens (tertiary/aromatic N) is 4. The number of hydrogen-bond acceptors (Lipinski definition) is 6. The molecule has 4 rings (SSSR count). The van der Waals surface area contributed by atoms with Crippen molar-refractivity contribution in [1.82, 2.24) is 15.2 Å². The summed E-state index contributed by atoms with van der Waals surface area (Å²) in [5.41, 5.74) is 1.15. The van der Waals surface area contributed by atoms with Crippen LogP contribution < -0.4 is 15.0 Å². The van der Waals surface area contributed by atoms with E-state index in [1.54, 1.807) is 7.11 Å². The number of aromatic nitrogens is 1. The molecule has 3 heterocycles. The molecule has 0 saturated carbocycles. The molecular weight excluding hydrogens is 486 g/mol. The van der Waals surface area contributed by atoms with Gasteiger partial charge >= 0.3 is 0 Å². The monoisotopic (exact) mass is 519 g/mol. The molecule has 9 heteroatoms. The van der Waals surface area contributed by atoms with Gasteiger partial charge in [-0.1, -0.05) is 18.2 Å². The van der Waals surface area contributed by atoms with E-state index in [1.165, 1.54) is 0 Å². The summed E-state index contributed by atoms with van der Waals surface area (Å²) in [5.74, 6) is 2.83. The molecule has 2 aromatic rings. The van der Waals surface area contributed by atoms with Gasteiger partial charge in [-0.15, -0.1) is 17.0 Å². The van der Waals surface area contributed by atoms with E-state index in [0.29, 0.717) is 26.4 Å². The van der Waals surface area contributed by atoms with Crippen LogP contribution >= 0.6 is 17.0 Å². The predicted molar refractivity (Wildman–Crippen MR) is 136 cm³/mol. The fourth-order valence-corrected chi connectivity index (χ4v) is 3.90. The Kier molecular flexibility index (Phi) is 10.2. The smallest absolute Gasteiger partial charge is 0.194 e. The van der Waals surface area contributed by atoms with Crippen LogP contribution in [0.15, 0.2) is 53.7 Å². The van der Waals surface area contributed by atoms with E-state index in [9.17, 15) is 0 Å². The number of nitrogens with one attached hydrogen (secondary N) is 1. The highest BCUT2D eigenvalue weighted by Crippen LogP contribution is 2.14. The number of piperazine rings is 1. The van der Waals surface area contributed by atoms with E-state index in [-0.39, 0.29) is 23.1 Å². The molecule has 33 heavy (non-hydrogen) atoms. The maximum Gasteiger partial charge on any atom is 0.194 e. The number of aliphatic imine (C=N–C) groups is 1.